The van der Waals surface area contributed by atoms with Crippen LogP contribution in [0, 0.1) is 0 Å². The van der Waals surface area contributed by atoms with Crippen molar-refractivity contribution in [2.45, 2.75) is 32.7 Å². The monoisotopic (exact) mass is 435 g/mol. The van der Waals surface area contributed by atoms with Crippen molar-refractivity contribution in [1.82, 2.24) is 15.3 Å². The van der Waals surface area contributed by atoms with Crippen molar-refractivity contribution in [3.63, 3.8) is 0 Å². The smallest absolute Gasteiger partial charge is 0.261 e. The molecule has 2 aromatic heterocycles. The first-order valence-corrected chi connectivity index (χ1v) is 11.2. The minimum atomic E-state index is -0.199. The summed E-state index contributed by atoms with van der Waals surface area (Å²) in [5.41, 5.74) is 3.34. The zero-order chi connectivity index (χ0) is 21.8. The second-order valence-electron chi connectivity index (χ2n) is 7.60. The molecule has 160 valence electrons. The molecule has 2 N–H and O–H groups in total. The first-order valence-electron chi connectivity index (χ1n) is 10.4. The van der Waals surface area contributed by atoms with Gasteiger partial charge in [-0.05, 0) is 37.5 Å². The second kappa shape index (κ2) is 9.26. The maximum atomic E-state index is 12.9. The van der Waals surface area contributed by atoms with Crippen molar-refractivity contribution in [3.8, 4) is 11.3 Å². The molecule has 1 saturated heterocycles. The Kier molecular flexibility index (Phi) is 6.27. The van der Waals surface area contributed by atoms with Gasteiger partial charge in [-0.2, -0.15) is 0 Å². The molecule has 0 saturated carbocycles. The lowest BCUT2D eigenvalue weighted by atomic mass is 10.1. The minimum absolute atomic E-state index is 0.0545. The largest absolute Gasteiger partial charge is 0.356 e. The summed E-state index contributed by atoms with van der Waals surface area (Å²) >= 11 is 1.39. The van der Waals surface area contributed by atoms with E-state index in [9.17, 15) is 9.59 Å². The number of carbonyl (C=O) groups is 2. The fourth-order valence-corrected chi connectivity index (χ4v) is 4.43. The average Bonchev–Trinajstić information content (AvgIpc) is 3.46. The first kappa shape index (κ1) is 21.0. The molecule has 1 aromatic carbocycles. The van der Waals surface area contributed by atoms with Crippen LogP contribution in [0.15, 0.2) is 48.0 Å². The lowest BCUT2D eigenvalue weighted by Crippen LogP contribution is -2.24. The summed E-state index contributed by atoms with van der Waals surface area (Å²) in [7, 11) is 0. The Morgan fingerprint density at radius 2 is 1.87 bits per heavy atom. The fraction of sp³-hybridized carbons (Fsp3) is 0.304. The molecule has 0 radical (unpaired) electrons. The van der Waals surface area contributed by atoms with Gasteiger partial charge in [0, 0.05) is 37.2 Å². The normalized spacial score (nSPS) is 14.3. The van der Waals surface area contributed by atoms with Crippen LogP contribution in [0.3, 0.4) is 0 Å². The summed E-state index contributed by atoms with van der Waals surface area (Å²) in [6.45, 7) is 5.31. The predicted molar refractivity (Wildman–Crippen MR) is 123 cm³/mol. The molecule has 31 heavy (non-hydrogen) atoms. The van der Waals surface area contributed by atoms with Gasteiger partial charge in [0.15, 0.2) is 5.13 Å². The number of nitrogens with one attached hydrogen (secondary N) is 2. The molecule has 4 rings (SSSR count). The summed E-state index contributed by atoms with van der Waals surface area (Å²) in [6.07, 6.45) is 3.97. The van der Waals surface area contributed by atoms with Gasteiger partial charge in [-0.3, -0.25) is 14.9 Å². The van der Waals surface area contributed by atoms with Gasteiger partial charge in [0.25, 0.3) is 5.91 Å². The Morgan fingerprint density at radius 1 is 1.13 bits per heavy atom. The number of hydrogen-bond donors (Lipinski definition) is 2. The number of anilines is 2. The molecule has 1 atom stereocenters. The average molecular weight is 436 g/mol. The van der Waals surface area contributed by atoms with Gasteiger partial charge < -0.3 is 10.2 Å². The number of benzene rings is 1. The highest BCUT2D eigenvalue weighted by Crippen LogP contribution is 2.28. The van der Waals surface area contributed by atoms with Crippen molar-refractivity contribution >= 4 is 34.1 Å². The van der Waals surface area contributed by atoms with Crippen molar-refractivity contribution < 1.29 is 9.59 Å². The maximum Gasteiger partial charge on any atom is 0.261 e. The first-order chi connectivity index (χ1) is 15.0. The number of aromatic nitrogens is 2. The molecular formula is C23H25N5O2S. The molecule has 7 nitrogen and oxygen atoms in total. The Balaban J connectivity index is 1.46. The van der Waals surface area contributed by atoms with E-state index in [4.69, 9.17) is 0 Å². The van der Waals surface area contributed by atoms with Gasteiger partial charge in [0.05, 0.1) is 17.3 Å². The Bertz CT molecular complexity index is 1070. The molecule has 1 fully saturated rings. The zero-order valence-electron chi connectivity index (χ0n) is 17.6. The van der Waals surface area contributed by atoms with Crippen LogP contribution in [-0.4, -0.2) is 34.9 Å². The van der Waals surface area contributed by atoms with E-state index in [1.807, 2.05) is 36.6 Å². The molecule has 1 aliphatic rings. The zero-order valence-corrected chi connectivity index (χ0v) is 18.4. The quantitative estimate of drug-likeness (QED) is 0.604. The number of hydrogen-bond acceptors (Lipinski definition) is 6. The van der Waals surface area contributed by atoms with Crippen LogP contribution < -0.4 is 15.5 Å². The predicted octanol–water partition coefficient (Wildman–Crippen LogP) is 4.25. The molecule has 0 spiro atoms. The van der Waals surface area contributed by atoms with E-state index >= 15 is 0 Å². The summed E-state index contributed by atoms with van der Waals surface area (Å²) in [5.74, 6) is 0.478. The number of rotatable bonds is 6. The summed E-state index contributed by atoms with van der Waals surface area (Å²) in [4.78, 5) is 35.3. The maximum absolute atomic E-state index is 12.9. The van der Waals surface area contributed by atoms with E-state index in [0.29, 0.717) is 10.7 Å². The van der Waals surface area contributed by atoms with Crippen molar-refractivity contribution in [2.75, 3.05) is 23.3 Å². The van der Waals surface area contributed by atoms with E-state index in [1.165, 1.54) is 18.3 Å². The second-order valence-corrected chi connectivity index (χ2v) is 8.46. The van der Waals surface area contributed by atoms with Crippen molar-refractivity contribution in [3.05, 3.63) is 59.1 Å². The van der Waals surface area contributed by atoms with E-state index in [-0.39, 0.29) is 17.9 Å². The summed E-state index contributed by atoms with van der Waals surface area (Å²) in [6, 6.07) is 11.4. The van der Waals surface area contributed by atoms with Crippen LogP contribution in [0.4, 0.5) is 10.9 Å². The standard InChI is InChI=1S/C23H25N5O2S/c1-15(25-16(2)29)17-7-9-18(10-8-17)20-14-31-23(26-20)27-22(30)19-6-5-11-24-21(19)28-12-3-4-13-28/h5-11,14-15H,3-4,12-13H2,1-2H3,(H,25,29)(H,26,27,30). The van der Waals surface area contributed by atoms with Crippen LogP contribution in [0.2, 0.25) is 0 Å². The molecular weight excluding hydrogens is 410 g/mol. The van der Waals surface area contributed by atoms with Gasteiger partial charge in [-0.25, -0.2) is 9.97 Å². The number of amides is 2. The minimum Gasteiger partial charge on any atom is -0.356 e. The van der Waals surface area contributed by atoms with Gasteiger partial charge >= 0.3 is 0 Å². The molecule has 3 heterocycles. The van der Waals surface area contributed by atoms with E-state index in [1.54, 1.807) is 18.3 Å². The van der Waals surface area contributed by atoms with Crippen molar-refractivity contribution in [2.24, 2.45) is 0 Å². The highest BCUT2D eigenvalue weighted by atomic mass is 32.1. The molecule has 0 aliphatic carbocycles. The van der Waals surface area contributed by atoms with Gasteiger partial charge in [-0.15, -0.1) is 11.3 Å². The molecule has 8 heteroatoms. The van der Waals surface area contributed by atoms with E-state index in [2.05, 4.69) is 25.5 Å². The number of carbonyl (C=O) groups excluding carboxylic acids is 2. The highest BCUT2D eigenvalue weighted by Gasteiger charge is 2.21. The van der Waals surface area contributed by atoms with Crippen molar-refractivity contribution in [1.29, 1.82) is 0 Å². The lowest BCUT2D eigenvalue weighted by Gasteiger charge is -2.19. The highest BCUT2D eigenvalue weighted by molar-refractivity contribution is 7.14. The Labute approximate surface area is 185 Å². The third-order valence-electron chi connectivity index (χ3n) is 5.29. The van der Waals surface area contributed by atoms with Crippen LogP contribution >= 0.6 is 11.3 Å². The fourth-order valence-electron chi connectivity index (χ4n) is 3.71. The third-order valence-corrected chi connectivity index (χ3v) is 6.05. The topological polar surface area (TPSA) is 87.2 Å². The Morgan fingerprint density at radius 3 is 2.58 bits per heavy atom. The van der Waals surface area contributed by atoms with Gasteiger partial charge in [0.1, 0.15) is 5.82 Å². The number of thiazole rings is 1. The molecule has 1 unspecified atom stereocenters. The molecule has 0 bridgehead atoms. The van der Waals surface area contributed by atoms with E-state index in [0.717, 1.165) is 48.6 Å². The number of pyridine rings is 1. The van der Waals surface area contributed by atoms with Gasteiger partial charge in [0.2, 0.25) is 5.91 Å². The number of nitrogens with zero attached hydrogens (tertiary/aromatic N) is 3. The molecule has 1 aliphatic heterocycles. The molecule has 3 aromatic rings. The SMILES string of the molecule is CC(=O)NC(C)c1ccc(-c2csc(NC(=O)c3cccnc3N3CCCC3)n2)cc1. The molecule has 2 amide bonds. The van der Waals surface area contributed by atoms with Gasteiger partial charge in [-0.1, -0.05) is 24.3 Å². The van der Waals surface area contributed by atoms with Crippen LogP contribution in [0.1, 0.15) is 48.7 Å². The van der Waals surface area contributed by atoms with Crippen LogP contribution in [0.25, 0.3) is 11.3 Å². The lowest BCUT2D eigenvalue weighted by molar-refractivity contribution is -0.119. The Hall–Kier alpha value is -3.26. The third kappa shape index (κ3) is 4.91. The van der Waals surface area contributed by atoms with Crippen LogP contribution in [-0.2, 0) is 4.79 Å². The summed E-state index contributed by atoms with van der Waals surface area (Å²) in [5, 5.41) is 8.26. The summed E-state index contributed by atoms with van der Waals surface area (Å²) < 4.78 is 0. The van der Waals surface area contributed by atoms with E-state index < -0.39 is 0 Å². The van der Waals surface area contributed by atoms with Crippen LogP contribution in [0.5, 0.6) is 0 Å².